The predicted molar refractivity (Wildman–Crippen MR) is 240 cm³/mol. The number of halogens is 1. The van der Waals surface area contributed by atoms with Gasteiger partial charge in [-0.1, -0.05) is 43.9 Å². The van der Waals surface area contributed by atoms with Crippen molar-refractivity contribution in [2.45, 2.75) is 102 Å². The van der Waals surface area contributed by atoms with Gasteiger partial charge in [0, 0.05) is 57.3 Å². The van der Waals surface area contributed by atoms with Crippen LogP contribution in [0, 0.1) is 23.1 Å². The minimum atomic E-state index is -1.55. The molecule has 5 aromatic rings. The smallest absolute Gasteiger partial charge is 0.410 e. The molecule has 3 aliphatic heterocycles. The van der Waals surface area contributed by atoms with Crippen LogP contribution in [0.5, 0.6) is 11.6 Å². The number of fused-ring (bicyclic) bond motifs is 5. The number of likely N-dealkylation sites (tertiary alicyclic amines) is 1. The number of ether oxygens (including phenoxy) is 5. The third kappa shape index (κ3) is 8.46. The lowest BCUT2D eigenvalue weighted by Gasteiger charge is -2.38. The number of nitrogens with zero attached hydrogens (tertiary/aromatic N) is 5. The van der Waals surface area contributed by atoms with Gasteiger partial charge in [0.1, 0.15) is 23.5 Å². The van der Waals surface area contributed by atoms with Gasteiger partial charge >= 0.3 is 12.1 Å². The van der Waals surface area contributed by atoms with E-state index in [1.54, 1.807) is 12.0 Å². The van der Waals surface area contributed by atoms with Gasteiger partial charge in [0.25, 0.3) is 0 Å². The Hall–Kier alpha value is -5.23. The van der Waals surface area contributed by atoms with Gasteiger partial charge in [-0.25, -0.2) is 19.0 Å². The summed E-state index contributed by atoms with van der Waals surface area (Å²) < 4.78 is 50.0. The summed E-state index contributed by atoms with van der Waals surface area (Å²) >= 11 is 0. The van der Waals surface area contributed by atoms with Crippen LogP contribution < -0.4 is 9.47 Å². The van der Waals surface area contributed by atoms with Crippen LogP contribution in [-0.4, -0.2) is 104 Å². The average Bonchev–Trinajstić information content (AvgIpc) is 4.01. The third-order valence-corrected chi connectivity index (χ3v) is 14.3. The van der Waals surface area contributed by atoms with Crippen LogP contribution in [0.1, 0.15) is 68.4 Å². The van der Waals surface area contributed by atoms with Gasteiger partial charge in [-0.05, 0) is 106 Å². The summed E-state index contributed by atoms with van der Waals surface area (Å²) in [7, 11) is 2.05. The van der Waals surface area contributed by atoms with Crippen molar-refractivity contribution in [2.24, 2.45) is 5.92 Å². The molecule has 4 atom stereocenters. The van der Waals surface area contributed by atoms with Gasteiger partial charge in [-0.15, -0.1) is 0 Å². The standard InChI is InChI=1S/C48H58FN5O7Si/c1-48(2,3)61-47(56)53-25-31-23-38(53)43(31)54-26-37(46(55)58-19-20-62(6,7)8)40-44(54)36-22-30(14-11-17-50)39(35-24-33(60-28-57-5)21-29-13-9-10-16-34(29)35)41(49)42(36)51-45(40)59-27-32-15-12-18-52(32)4/h9-10,13,16,21-22,24,26,31-32,38,43H,11-12,14-15,18-20,23,25,27-28H2,1-8H3/t31?,32-,38?,43?/m0/s1. The maximum absolute atomic E-state index is 18.2. The second-order valence-corrected chi connectivity index (χ2v) is 25.0. The van der Waals surface area contributed by atoms with Crippen molar-refractivity contribution in [1.82, 2.24) is 19.4 Å². The highest BCUT2D eigenvalue weighted by molar-refractivity contribution is 6.76. The minimum absolute atomic E-state index is 0.00407. The minimum Gasteiger partial charge on any atom is -0.475 e. The summed E-state index contributed by atoms with van der Waals surface area (Å²) in [6.07, 6.45) is 4.53. The van der Waals surface area contributed by atoms with Gasteiger partial charge in [0.2, 0.25) is 5.88 Å². The van der Waals surface area contributed by atoms with Gasteiger partial charge in [0.05, 0.1) is 41.2 Å². The number of rotatable bonds is 14. The topological polar surface area (TPSA) is 128 Å². The quantitative estimate of drug-likeness (QED) is 0.0605. The fraction of sp³-hybridized carbons (Fsp3) is 0.500. The van der Waals surface area contributed by atoms with Crippen LogP contribution in [-0.2, 0) is 20.6 Å². The number of aromatic nitrogens is 2. The Labute approximate surface area is 363 Å². The maximum Gasteiger partial charge on any atom is 0.410 e. The van der Waals surface area contributed by atoms with E-state index in [0.717, 1.165) is 42.6 Å². The first kappa shape index (κ1) is 43.4. The van der Waals surface area contributed by atoms with E-state index in [2.05, 4.69) is 37.7 Å². The molecule has 2 aromatic heterocycles. The molecule has 0 radical (unpaired) electrons. The van der Waals surface area contributed by atoms with Crippen LogP contribution in [0.4, 0.5) is 9.18 Å². The Bertz CT molecular complexity index is 2580. The number of nitriles is 1. The summed E-state index contributed by atoms with van der Waals surface area (Å²) in [5.41, 5.74) is 1.77. The fourth-order valence-corrected chi connectivity index (χ4v) is 10.2. The molecule has 2 bridgehead atoms. The van der Waals surface area contributed by atoms with E-state index in [1.165, 1.54) is 0 Å². The summed E-state index contributed by atoms with van der Waals surface area (Å²) in [5.74, 6) is -0.375. The number of methoxy groups -OCH3 is 1. The summed E-state index contributed by atoms with van der Waals surface area (Å²) in [6.45, 7) is 14.2. The van der Waals surface area contributed by atoms with E-state index in [4.69, 9.17) is 28.7 Å². The number of hydrogen-bond acceptors (Lipinski definition) is 10. The molecule has 0 spiro atoms. The molecule has 3 unspecified atom stereocenters. The monoisotopic (exact) mass is 863 g/mol. The lowest BCUT2D eigenvalue weighted by molar-refractivity contribution is 0.0210. The molecule has 0 N–H and O–H groups in total. The first-order chi connectivity index (χ1) is 29.6. The van der Waals surface area contributed by atoms with E-state index < -0.39 is 25.5 Å². The molecular formula is C48H58FN5O7Si. The molecule has 328 valence electrons. The van der Waals surface area contributed by atoms with Crippen LogP contribution in [0.2, 0.25) is 25.7 Å². The molecule has 1 saturated carbocycles. The first-order valence-corrected chi connectivity index (χ1v) is 25.5. The molecule has 12 nitrogen and oxygen atoms in total. The molecule has 4 aliphatic rings. The number of esters is 1. The highest BCUT2D eigenvalue weighted by Gasteiger charge is 2.56. The second kappa shape index (κ2) is 17.1. The average molecular weight is 864 g/mol. The lowest BCUT2D eigenvalue weighted by Crippen LogP contribution is -2.44. The van der Waals surface area contributed by atoms with E-state index in [-0.39, 0.29) is 73.3 Å². The van der Waals surface area contributed by atoms with E-state index in [1.807, 2.05) is 74.0 Å². The molecule has 9 rings (SSSR count). The predicted octanol–water partition coefficient (Wildman–Crippen LogP) is 9.74. The van der Waals surface area contributed by atoms with Crippen molar-refractivity contribution in [3.63, 3.8) is 0 Å². The molecule has 14 heteroatoms. The van der Waals surface area contributed by atoms with Gasteiger partial charge in [-0.3, -0.25) is 0 Å². The molecule has 4 fully saturated rings. The maximum atomic E-state index is 18.2. The van der Waals surface area contributed by atoms with Crippen LogP contribution in [0.15, 0.2) is 48.7 Å². The number of carbonyl (C=O) groups excluding carboxylic acids is 2. The number of amides is 1. The molecular weight excluding hydrogens is 806 g/mol. The van der Waals surface area contributed by atoms with Crippen molar-refractivity contribution < 1.29 is 37.7 Å². The van der Waals surface area contributed by atoms with Crippen molar-refractivity contribution >= 4 is 52.7 Å². The first-order valence-electron chi connectivity index (χ1n) is 21.8. The van der Waals surface area contributed by atoms with Crippen molar-refractivity contribution in [3.05, 3.63) is 65.6 Å². The van der Waals surface area contributed by atoms with Gasteiger partial charge < -0.3 is 38.1 Å². The molecule has 1 amide bonds. The second-order valence-electron chi connectivity index (χ2n) is 19.3. The highest BCUT2D eigenvalue weighted by Crippen LogP contribution is 2.53. The van der Waals surface area contributed by atoms with E-state index in [9.17, 15) is 14.9 Å². The van der Waals surface area contributed by atoms with Crippen molar-refractivity contribution in [1.29, 1.82) is 5.26 Å². The Kier molecular flexibility index (Phi) is 12.0. The Balaban J connectivity index is 1.39. The fourth-order valence-electron chi connectivity index (χ4n) is 9.45. The lowest BCUT2D eigenvalue weighted by atomic mass is 9.79. The molecule has 5 heterocycles. The zero-order valence-corrected chi connectivity index (χ0v) is 38.2. The zero-order valence-electron chi connectivity index (χ0n) is 37.2. The van der Waals surface area contributed by atoms with Crippen LogP contribution in [0.3, 0.4) is 0 Å². The van der Waals surface area contributed by atoms with E-state index >= 15 is 4.39 Å². The number of likely N-dealkylation sites (N-methyl/N-ethyl adjacent to an activating group) is 1. The Morgan fingerprint density at radius 3 is 2.58 bits per heavy atom. The number of pyridine rings is 1. The summed E-state index contributed by atoms with van der Waals surface area (Å²) in [5, 5.41) is 12.5. The number of aryl methyl sites for hydroxylation is 1. The number of hydrogen-bond donors (Lipinski definition) is 0. The number of benzene rings is 3. The van der Waals surface area contributed by atoms with Crippen molar-refractivity contribution in [3.8, 4) is 28.8 Å². The normalized spacial score (nSPS) is 20.2. The van der Waals surface area contributed by atoms with Crippen LogP contribution in [0.25, 0.3) is 43.7 Å². The molecule has 3 saturated heterocycles. The number of carbonyl (C=O) groups is 2. The Morgan fingerprint density at radius 2 is 1.87 bits per heavy atom. The SMILES string of the molecule is COCOc1cc(-c2c(CCC#N)cc3c(nc(OC[C@@H]4CCCN4C)c4c(C(=O)OCC[Si](C)(C)C)cn(C5C6CC5N(C(=O)OC(C)(C)C)C6)c43)c2F)c2ccccc2c1. The Morgan fingerprint density at radius 1 is 1.08 bits per heavy atom. The van der Waals surface area contributed by atoms with E-state index in [0.29, 0.717) is 51.9 Å². The zero-order chi connectivity index (χ0) is 44.1. The van der Waals surface area contributed by atoms with Crippen molar-refractivity contribution in [2.75, 3.05) is 47.3 Å². The van der Waals surface area contributed by atoms with Crippen LogP contribution >= 0.6 is 0 Å². The molecule has 62 heavy (non-hydrogen) atoms. The summed E-state index contributed by atoms with van der Waals surface area (Å²) in [6, 6.07) is 16.1. The van der Waals surface area contributed by atoms with Gasteiger partial charge in [0.15, 0.2) is 12.6 Å². The third-order valence-electron chi connectivity index (χ3n) is 12.6. The highest BCUT2D eigenvalue weighted by atomic mass is 28.3. The summed E-state index contributed by atoms with van der Waals surface area (Å²) in [4.78, 5) is 37.1. The molecule has 1 aliphatic carbocycles. The largest absolute Gasteiger partial charge is 0.475 e. The van der Waals surface area contributed by atoms with Gasteiger partial charge in [-0.2, -0.15) is 5.26 Å². The molecule has 3 aromatic carbocycles.